The fourth-order valence-electron chi connectivity index (χ4n) is 1.72. The first-order valence-electron chi connectivity index (χ1n) is 5.22. The number of benzene rings is 1. The van der Waals surface area contributed by atoms with Crippen LogP contribution in [0.2, 0.25) is 0 Å². The summed E-state index contributed by atoms with van der Waals surface area (Å²) < 4.78 is 5.12. The highest BCUT2D eigenvalue weighted by molar-refractivity contribution is 5.29. The third-order valence-corrected chi connectivity index (χ3v) is 2.42. The van der Waals surface area contributed by atoms with Crippen LogP contribution in [0.3, 0.4) is 0 Å². The van der Waals surface area contributed by atoms with Crippen molar-refractivity contribution in [2.24, 2.45) is 0 Å². The van der Waals surface area contributed by atoms with Gasteiger partial charge in [0, 0.05) is 5.56 Å². The molecule has 1 unspecified atom stereocenters. The fourth-order valence-corrected chi connectivity index (χ4v) is 1.72. The van der Waals surface area contributed by atoms with Crippen molar-refractivity contribution < 1.29 is 4.42 Å². The molecule has 0 aliphatic rings. The van der Waals surface area contributed by atoms with Gasteiger partial charge in [0.15, 0.2) is 0 Å². The van der Waals surface area contributed by atoms with Gasteiger partial charge < -0.3 is 9.73 Å². The predicted molar refractivity (Wildman–Crippen MR) is 60.7 cm³/mol. The third kappa shape index (κ3) is 2.28. The van der Waals surface area contributed by atoms with E-state index in [1.165, 1.54) is 11.1 Å². The summed E-state index contributed by atoms with van der Waals surface area (Å²) in [6.45, 7) is 3.04. The molecule has 15 heavy (non-hydrogen) atoms. The third-order valence-electron chi connectivity index (χ3n) is 2.42. The zero-order valence-electron chi connectivity index (χ0n) is 8.81. The molecule has 1 aromatic carbocycles. The Hall–Kier alpha value is -1.54. The van der Waals surface area contributed by atoms with E-state index < -0.39 is 0 Å². The Balaban J connectivity index is 2.28. The van der Waals surface area contributed by atoms with Crippen LogP contribution in [0, 0.1) is 0 Å². The highest BCUT2D eigenvalue weighted by atomic mass is 16.3. The van der Waals surface area contributed by atoms with Crippen LogP contribution in [0.4, 0.5) is 0 Å². The Bertz CT molecular complexity index is 380. The Morgan fingerprint density at radius 3 is 2.53 bits per heavy atom. The molecule has 1 aromatic heterocycles. The molecule has 2 heteroatoms. The summed E-state index contributed by atoms with van der Waals surface area (Å²) in [6, 6.07) is 12.6. The van der Waals surface area contributed by atoms with Gasteiger partial charge in [-0.15, -0.1) is 0 Å². The fraction of sp³-hybridized carbons (Fsp3) is 0.231. The van der Waals surface area contributed by atoms with Crippen molar-refractivity contribution in [2.75, 3.05) is 6.54 Å². The molecule has 0 fully saturated rings. The van der Waals surface area contributed by atoms with Gasteiger partial charge in [-0.2, -0.15) is 0 Å². The van der Waals surface area contributed by atoms with E-state index in [-0.39, 0.29) is 6.04 Å². The molecular formula is C13H15NO. The monoisotopic (exact) mass is 201 g/mol. The second-order valence-corrected chi connectivity index (χ2v) is 3.46. The van der Waals surface area contributed by atoms with E-state index in [2.05, 4.69) is 36.5 Å². The van der Waals surface area contributed by atoms with E-state index in [0.717, 1.165) is 6.54 Å². The molecule has 0 bridgehead atoms. The molecular weight excluding hydrogens is 186 g/mol. The summed E-state index contributed by atoms with van der Waals surface area (Å²) >= 11 is 0. The number of hydrogen-bond acceptors (Lipinski definition) is 2. The van der Waals surface area contributed by atoms with Crippen molar-refractivity contribution in [3.8, 4) is 0 Å². The van der Waals surface area contributed by atoms with Gasteiger partial charge in [-0.1, -0.05) is 37.3 Å². The van der Waals surface area contributed by atoms with Crippen LogP contribution in [-0.2, 0) is 0 Å². The van der Waals surface area contributed by atoms with Gasteiger partial charge in [-0.25, -0.2) is 0 Å². The molecule has 2 rings (SSSR count). The summed E-state index contributed by atoms with van der Waals surface area (Å²) in [4.78, 5) is 0. The average Bonchev–Trinajstić information content (AvgIpc) is 2.80. The number of rotatable bonds is 4. The lowest BCUT2D eigenvalue weighted by atomic mass is 10.0. The van der Waals surface area contributed by atoms with Crippen molar-refractivity contribution in [2.45, 2.75) is 13.0 Å². The Morgan fingerprint density at radius 1 is 1.13 bits per heavy atom. The number of nitrogens with one attached hydrogen (secondary N) is 1. The summed E-state index contributed by atoms with van der Waals surface area (Å²) in [5.41, 5.74) is 2.43. The summed E-state index contributed by atoms with van der Waals surface area (Å²) in [5.74, 6) is 0. The molecule has 0 aliphatic heterocycles. The highest BCUT2D eigenvalue weighted by Crippen LogP contribution is 2.21. The van der Waals surface area contributed by atoms with Gasteiger partial charge in [-0.3, -0.25) is 0 Å². The summed E-state index contributed by atoms with van der Waals surface area (Å²) in [7, 11) is 0. The standard InChI is InChI=1S/C13H15NO/c1-2-14-13(12-8-9-15-10-12)11-6-4-3-5-7-11/h3-10,13-14H,2H2,1H3. The molecule has 0 spiro atoms. The van der Waals surface area contributed by atoms with E-state index in [1.54, 1.807) is 12.5 Å². The lowest BCUT2D eigenvalue weighted by molar-refractivity contribution is 0.553. The molecule has 0 amide bonds. The molecule has 2 nitrogen and oxygen atoms in total. The smallest absolute Gasteiger partial charge is 0.0953 e. The zero-order chi connectivity index (χ0) is 10.5. The van der Waals surface area contributed by atoms with Crippen LogP contribution in [-0.4, -0.2) is 6.54 Å². The minimum Gasteiger partial charge on any atom is -0.472 e. The molecule has 0 saturated carbocycles. The van der Waals surface area contributed by atoms with Crippen LogP contribution in [0.15, 0.2) is 53.3 Å². The first kappa shape index (κ1) is 9.99. The van der Waals surface area contributed by atoms with Crippen molar-refractivity contribution in [1.82, 2.24) is 5.32 Å². The van der Waals surface area contributed by atoms with Gasteiger partial charge in [0.1, 0.15) is 0 Å². The van der Waals surface area contributed by atoms with Gasteiger partial charge in [0.05, 0.1) is 18.6 Å². The topological polar surface area (TPSA) is 25.2 Å². The normalized spacial score (nSPS) is 12.6. The summed E-state index contributed by atoms with van der Waals surface area (Å²) in [5, 5.41) is 3.44. The zero-order valence-corrected chi connectivity index (χ0v) is 8.81. The van der Waals surface area contributed by atoms with E-state index in [0.29, 0.717) is 0 Å². The highest BCUT2D eigenvalue weighted by Gasteiger charge is 2.12. The minimum absolute atomic E-state index is 0.231. The van der Waals surface area contributed by atoms with Gasteiger partial charge in [-0.05, 0) is 18.2 Å². The maximum absolute atomic E-state index is 5.12. The molecule has 0 saturated heterocycles. The van der Waals surface area contributed by atoms with Crippen molar-refractivity contribution >= 4 is 0 Å². The molecule has 1 atom stereocenters. The largest absolute Gasteiger partial charge is 0.472 e. The van der Waals surface area contributed by atoms with Gasteiger partial charge in [0.25, 0.3) is 0 Å². The SMILES string of the molecule is CCNC(c1ccccc1)c1ccoc1. The number of furan rings is 1. The lowest BCUT2D eigenvalue weighted by Crippen LogP contribution is -2.21. The van der Waals surface area contributed by atoms with Crippen LogP contribution >= 0.6 is 0 Å². The second kappa shape index (κ2) is 4.80. The summed E-state index contributed by atoms with van der Waals surface area (Å²) in [6.07, 6.45) is 3.50. The van der Waals surface area contributed by atoms with Gasteiger partial charge in [0.2, 0.25) is 0 Å². The van der Waals surface area contributed by atoms with Crippen LogP contribution in [0.25, 0.3) is 0 Å². The molecule has 1 heterocycles. The van der Waals surface area contributed by atoms with E-state index in [1.807, 2.05) is 12.1 Å². The maximum Gasteiger partial charge on any atom is 0.0953 e. The predicted octanol–water partition coefficient (Wildman–Crippen LogP) is 2.98. The minimum atomic E-state index is 0.231. The van der Waals surface area contributed by atoms with E-state index in [4.69, 9.17) is 4.42 Å². The molecule has 0 radical (unpaired) electrons. The Labute approximate surface area is 89.9 Å². The quantitative estimate of drug-likeness (QED) is 0.822. The van der Waals surface area contributed by atoms with E-state index >= 15 is 0 Å². The van der Waals surface area contributed by atoms with Crippen LogP contribution < -0.4 is 5.32 Å². The molecule has 2 aromatic rings. The number of hydrogen-bond donors (Lipinski definition) is 1. The average molecular weight is 201 g/mol. The van der Waals surface area contributed by atoms with E-state index in [9.17, 15) is 0 Å². The Morgan fingerprint density at radius 2 is 1.93 bits per heavy atom. The van der Waals surface area contributed by atoms with Crippen molar-refractivity contribution in [1.29, 1.82) is 0 Å². The second-order valence-electron chi connectivity index (χ2n) is 3.46. The Kier molecular flexibility index (Phi) is 3.20. The molecule has 78 valence electrons. The maximum atomic E-state index is 5.12. The van der Waals surface area contributed by atoms with Crippen molar-refractivity contribution in [3.63, 3.8) is 0 Å². The molecule has 0 aliphatic carbocycles. The van der Waals surface area contributed by atoms with Gasteiger partial charge >= 0.3 is 0 Å². The van der Waals surface area contributed by atoms with Crippen LogP contribution in [0.5, 0.6) is 0 Å². The first-order chi connectivity index (χ1) is 7.42. The first-order valence-corrected chi connectivity index (χ1v) is 5.22. The lowest BCUT2D eigenvalue weighted by Gasteiger charge is -2.16. The van der Waals surface area contributed by atoms with Crippen molar-refractivity contribution in [3.05, 3.63) is 60.1 Å². The molecule has 1 N–H and O–H groups in total. The van der Waals surface area contributed by atoms with Crippen LogP contribution in [0.1, 0.15) is 24.1 Å².